The van der Waals surface area contributed by atoms with Gasteiger partial charge in [0, 0.05) is 18.2 Å². The molecule has 0 unspecified atom stereocenters. The third-order valence-corrected chi connectivity index (χ3v) is 3.74. The van der Waals surface area contributed by atoms with Crippen LogP contribution in [-0.2, 0) is 6.42 Å². The lowest BCUT2D eigenvalue weighted by Gasteiger charge is -2.09. The first-order valence-corrected chi connectivity index (χ1v) is 7.22. The standard InChI is InChI=1S/C14H15N3O3S/c1-4-9-16-10(18)6-11(17-9)21-13-12(14(19)20)7(2)5-8(3)15-13/h5-6H,4H2,1-3H3,(H,19,20)(H,16,17,18). The van der Waals surface area contributed by atoms with Crippen LogP contribution in [-0.4, -0.2) is 26.0 Å². The second kappa shape index (κ2) is 6.09. The minimum absolute atomic E-state index is 0.144. The van der Waals surface area contributed by atoms with Crippen LogP contribution >= 0.6 is 11.8 Å². The summed E-state index contributed by atoms with van der Waals surface area (Å²) in [4.78, 5) is 34.1. The van der Waals surface area contributed by atoms with E-state index in [2.05, 4.69) is 15.0 Å². The van der Waals surface area contributed by atoms with Gasteiger partial charge in [-0.1, -0.05) is 6.92 Å². The zero-order chi connectivity index (χ0) is 15.6. The molecule has 2 heterocycles. The number of aryl methyl sites for hydroxylation is 3. The van der Waals surface area contributed by atoms with E-state index in [0.717, 1.165) is 17.5 Å². The maximum atomic E-state index is 11.6. The van der Waals surface area contributed by atoms with Crippen LogP contribution in [0.25, 0.3) is 0 Å². The molecule has 0 spiro atoms. The third kappa shape index (κ3) is 3.49. The molecule has 2 N–H and O–H groups in total. The lowest BCUT2D eigenvalue weighted by atomic mass is 10.1. The van der Waals surface area contributed by atoms with E-state index in [9.17, 15) is 14.7 Å². The van der Waals surface area contributed by atoms with Gasteiger partial charge >= 0.3 is 5.97 Å². The molecule has 0 atom stereocenters. The summed E-state index contributed by atoms with van der Waals surface area (Å²) in [7, 11) is 0. The lowest BCUT2D eigenvalue weighted by Crippen LogP contribution is -2.11. The van der Waals surface area contributed by atoms with Gasteiger partial charge in [0.05, 0.1) is 5.56 Å². The van der Waals surface area contributed by atoms with Gasteiger partial charge in [-0.05, 0) is 37.2 Å². The molecule has 0 bridgehead atoms. The molecule has 2 rings (SSSR count). The van der Waals surface area contributed by atoms with Gasteiger partial charge in [-0.25, -0.2) is 14.8 Å². The van der Waals surface area contributed by atoms with E-state index in [1.807, 2.05) is 6.92 Å². The predicted molar refractivity (Wildman–Crippen MR) is 79.0 cm³/mol. The molecule has 6 nitrogen and oxygen atoms in total. The van der Waals surface area contributed by atoms with Crippen LogP contribution in [0.1, 0.15) is 34.4 Å². The molecule has 0 aliphatic carbocycles. The number of nitrogens with zero attached hydrogens (tertiary/aromatic N) is 2. The first kappa shape index (κ1) is 15.2. The fourth-order valence-electron chi connectivity index (χ4n) is 1.94. The second-order valence-corrected chi connectivity index (χ2v) is 5.56. The van der Waals surface area contributed by atoms with Crippen LogP contribution in [0.2, 0.25) is 0 Å². The van der Waals surface area contributed by atoms with Crippen molar-refractivity contribution in [3.8, 4) is 0 Å². The summed E-state index contributed by atoms with van der Waals surface area (Å²) in [5.74, 6) is -0.477. The molecule has 0 aliphatic heterocycles. The van der Waals surface area contributed by atoms with Crippen LogP contribution in [0.15, 0.2) is 27.0 Å². The molecule has 2 aromatic heterocycles. The molecular weight excluding hydrogens is 290 g/mol. The number of nitrogens with one attached hydrogen (secondary N) is 1. The van der Waals surface area contributed by atoms with E-state index >= 15 is 0 Å². The monoisotopic (exact) mass is 305 g/mol. The Labute approximate surface area is 125 Å². The van der Waals surface area contributed by atoms with Crippen LogP contribution in [0.5, 0.6) is 0 Å². The van der Waals surface area contributed by atoms with Crippen molar-refractivity contribution < 1.29 is 9.90 Å². The van der Waals surface area contributed by atoms with E-state index in [1.54, 1.807) is 19.9 Å². The van der Waals surface area contributed by atoms with Gasteiger partial charge in [0.15, 0.2) is 0 Å². The number of pyridine rings is 1. The smallest absolute Gasteiger partial charge is 0.338 e. The Kier molecular flexibility index (Phi) is 4.42. The molecule has 0 amide bonds. The third-order valence-electron chi connectivity index (χ3n) is 2.83. The summed E-state index contributed by atoms with van der Waals surface area (Å²) in [6.45, 7) is 5.40. The number of hydrogen-bond acceptors (Lipinski definition) is 5. The van der Waals surface area contributed by atoms with E-state index in [0.29, 0.717) is 27.9 Å². The van der Waals surface area contributed by atoms with Crippen molar-refractivity contribution >= 4 is 17.7 Å². The van der Waals surface area contributed by atoms with Crippen molar-refractivity contribution in [2.75, 3.05) is 0 Å². The number of rotatable bonds is 4. The molecule has 0 aliphatic rings. The number of carbonyl (C=O) groups is 1. The number of hydrogen-bond donors (Lipinski definition) is 2. The molecule has 21 heavy (non-hydrogen) atoms. The number of aromatic carboxylic acids is 1. The second-order valence-electron chi connectivity index (χ2n) is 4.55. The summed E-state index contributed by atoms with van der Waals surface area (Å²) in [5, 5.41) is 10.1. The Morgan fingerprint density at radius 1 is 1.33 bits per heavy atom. The highest BCUT2D eigenvalue weighted by Crippen LogP contribution is 2.29. The van der Waals surface area contributed by atoms with Gasteiger partial charge in [-0.3, -0.25) is 4.79 Å². The molecule has 7 heteroatoms. The average Bonchev–Trinajstić information content (AvgIpc) is 2.36. The highest BCUT2D eigenvalue weighted by atomic mass is 32.2. The summed E-state index contributed by atoms with van der Waals surface area (Å²) >= 11 is 1.09. The fourth-order valence-corrected chi connectivity index (χ4v) is 3.00. The molecule has 0 saturated heterocycles. The highest BCUT2D eigenvalue weighted by molar-refractivity contribution is 7.99. The number of carboxylic acid groups (broad SMARTS) is 1. The lowest BCUT2D eigenvalue weighted by molar-refractivity contribution is 0.0691. The SMILES string of the molecule is CCc1nc(Sc2nc(C)cc(C)c2C(=O)O)cc(=O)[nH]1. The quantitative estimate of drug-likeness (QED) is 0.841. The van der Waals surface area contributed by atoms with Crippen LogP contribution in [0.3, 0.4) is 0 Å². The summed E-state index contributed by atoms with van der Waals surface area (Å²) < 4.78 is 0. The molecule has 0 fully saturated rings. The van der Waals surface area contributed by atoms with Gasteiger partial charge < -0.3 is 10.1 Å². The Morgan fingerprint density at radius 3 is 2.67 bits per heavy atom. The maximum Gasteiger partial charge on any atom is 0.338 e. The van der Waals surface area contributed by atoms with Crippen molar-refractivity contribution in [3.63, 3.8) is 0 Å². The van der Waals surface area contributed by atoms with Crippen molar-refractivity contribution in [1.29, 1.82) is 0 Å². The van der Waals surface area contributed by atoms with Crippen molar-refractivity contribution in [3.05, 3.63) is 45.1 Å². The zero-order valence-electron chi connectivity index (χ0n) is 11.9. The minimum atomic E-state index is -1.04. The molecular formula is C14H15N3O3S. The van der Waals surface area contributed by atoms with Crippen LogP contribution < -0.4 is 5.56 Å². The van der Waals surface area contributed by atoms with E-state index in [-0.39, 0.29) is 11.1 Å². The molecule has 0 saturated carbocycles. The predicted octanol–water partition coefficient (Wildman–Crippen LogP) is 2.19. The minimum Gasteiger partial charge on any atom is -0.478 e. The first-order chi connectivity index (χ1) is 9.90. The maximum absolute atomic E-state index is 11.6. The molecule has 0 radical (unpaired) electrons. The van der Waals surface area contributed by atoms with Crippen molar-refractivity contribution in [2.45, 2.75) is 37.2 Å². The number of aromatic amines is 1. The molecule has 0 aromatic carbocycles. The van der Waals surface area contributed by atoms with Crippen LogP contribution in [0.4, 0.5) is 0 Å². The molecule has 2 aromatic rings. The Hall–Kier alpha value is -2.15. The zero-order valence-corrected chi connectivity index (χ0v) is 12.7. The largest absolute Gasteiger partial charge is 0.478 e. The van der Waals surface area contributed by atoms with Gasteiger partial charge in [-0.15, -0.1) is 0 Å². The number of carboxylic acids is 1. The number of H-pyrrole nitrogens is 1. The van der Waals surface area contributed by atoms with E-state index in [4.69, 9.17) is 0 Å². The topological polar surface area (TPSA) is 95.9 Å². The average molecular weight is 305 g/mol. The van der Waals surface area contributed by atoms with Crippen molar-refractivity contribution in [2.24, 2.45) is 0 Å². The Bertz CT molecular complexity index is 756. The van der Waals surface area contributed by atoms with E-state index < -0.39 is 5.97 Å². The summed E-state index contributed by atoms with van der Waals surface area (Å²) in [6, 6.07) is 3.06. The molecule has 110 valence electrons. The fraction of sp³-hybridized carbons (Fsp3) is 0.286. The van der Waals surface area contributed by atoms with Gasteiger partial charge in [-0.2, -0.15) is 0 Å². The van der Waals surface area contributed by atoms with Gasteiger partial charge in [0.2, 0.25) is 0 Å². The first-order valence-electron chi connectivity index (χ1n) is 6.40. The van der Waals surface area contributed by atoms with Gasteiger partial charge in [0.25, 0.3) is 5.56 Å². The number of aromatic nitrogens is 3. The van der Waals surface area contributed by atoms with Crippen molar-refractivity contribution in [1.82, 2.24) is 15.0 Å². The van der Waals surface area contributed by atoms with E-state index in [1.165, 1.54) is 6.07 Å². The summed E-state index contributed by atoms with van der Waals surface area (Å²) in [5.41, 5.74) is 1.25. The summed E-state index contributed by atoms with van der Waals surface area (Å²) in [6.07, 6.45) is 0.593. The van der Waals surface area contributed by atoms with Crippen LogP contribution in [0, 0.1) is 13.8 Å². The Balaban J connectivity index is 2.51. The Morgan fingerprint density at radius 2 is 2.05 bits per heavy atom. The normalized spacial score (nSPS) is 10.6. The van der Waals surface area contributed by atoms with Gasteiger partial charge in [0.1, 0.15) is 15.9 Å². The highest BCUT2D eigenvalue weighted by Gasteiger charge is 2.17.